The van der Waals surface area contributed by atoms with Gasteiger partial charge in [0.25, 0.3) is 0 Å². The Morgan fingerprint density at radius 2 is 2.00 bits per heavy atom. The Labute approximate surface area is 105 Å². The fourth-order valence-electron chi connectivity index (χ4n) is 2.10. The molecular weight excluding hydrogens is 226 g/mol. The smallest absolute Gasteiger partial charge is 0.136 e. The molecule has 0 spiro atoms. The number of hydrogen-bond donors (Lipinski definition) is 1. The Morgan fingerprint density at radius 3 is 2.78 bits per heavy atom. The van der Waals surface area contributed by atoms with E-state index in [0.717, 1.165) is 16.6 Å². The molecule has 0 saturated heterocycles. The van der Waals surface area contributed by atoms with Gasteiger partial charge in [0, 0.05) is 12.4 Å². The van der Waals surface area contributed by atoms with Crippen molar-refractivity contribution in [2.45, 2.75) is 13.2 Å². The van der Waals surface area contributed by atoms with Gasteiger partial charge in [-0.1, -0.05) is 18.2 Å². The predicted molar refractivity (Wildman–Crippen MR) is 69.0 cm³/mol. The van der Waals surface area contributed by atoms with E-state index in [-0.39, 0.29) is 6.61 Å². The third-order valence-corrected chi connectivity index (χ3v) is 2.94. The average molecular weight is 239 g/mol. The minimum Gasteiger partial charge on any atom is -0.388 e. The summed E-state index contributed by atoms with van der Waals surface area (Å²) >= 11 is 0. The number of fused-ring (bicyclic) bond motifs is 1. The quantitative estimate of drug-likeness (QED) is 0.760. The van der Waals surface area contributed by atoms with Crippen molar-refractivity contribution in [3.8, 4) is 0 Å². The van der Waals surface area contributed by atoms with Crippen molar-refractivity contribution < 1.29 is 5.11 Å². The van der Waals surface area contributed by atoms with Crippen molar-refractivity contribution in [3.63, 3.8) is 0 Å². The molecule has 3 aromatic rings. The molecule has 0 bridgehead atoms. The number of pyridine rings is 1. The molecule has 2 aromatic heterocycles. The zero-order chi connectivity index (χ0) is 12.4. The number of aliphatic hydroxyl groups is 1. The maximum absolute atomic E-state index is 9.40. The lowest BCUT2D eigenvalue weighted by molar-refractivity contribution is 0.267. The lowest BCUT2D eigenvalue weighted by atomic mass is 10.2. The minimum absolute atomic E-state index is 0.0606. The van der Waals surface area contributed by atoms with Gasteiger partial charge in [-0.2, -0.15) is 0 Å². The van der Waals surface area contributed by atoms with Crippen molar-refractivity contribution in [2.24, 2.45) is 0 Å². The first kappa shape index (κ1) is 10.9. The summed E-state index contributed by atoms with van der Waals surface area (Å²) in [6.45, 7) is 0.610. The number of imidazole rings is 1. The molecule has 0 aliphatic heterocycles. The van der Waals surface area contributed by atoms with Crippen molar-refractivity contribution in [3.05, 3.63) is 60.2 Å². The van der Waals surface area contributed by atoms with E-state index >= 15 is 0 Å². The van der Waals surface area contributed by atoms with E-state index in [1.54, 1.807) is 6.20 Å². The van der Waals surface area contributed by atoms with Crippen LogP contribution >= 0.6 is 0 Å². The lowest BCUT2D eigenvalue weighted by Crippen LogP contribution is -2.05. The van der Waals surface area contributed by atoms with E-state index in [1.165, 1.54) is 0 Å². The highest BCUT2D eigenvalue weighted by atomic mass is 16.3. The minimum atomic E-state index is -0.0606. The number of nitrogens with zero attached hydrogens (tertiary/aromatic N) is 3. The Balaban J connectivity index is 2.10. The van der Waals surface area contributed by atoms with Gasteiger partial charge in [-0.25, -0.2) is 4.98 Å². The Morgan fingerprint density at radius 1 is 1.11 bits per heavy atom. The van der Waals surface area contributed by atoms with Gasteiger partial charge in [0.2, 0.25) is 0 Å². The maximum atomic E-state index is 9.40. The summed E-state index contributed by atoms with van der Waals surface area (Å²) in [5, 5.41) is 9.40. The van der Waals surface area contributed by atoms with E-state index in [2.05, 4.69) is 9.97 Å². The van der Waals surface area contributed by atoms with Crippen LogP contribution in [0.5, 0.6) is 0 Å². The van der Waals surface area contributed by atoms with Gasteiger partial charge in [0.05, 0.1) is 17.6 Å². The summed E-state index contributed by atoms with van der Waals surface area (Å²) in [5.74, 6) is 0.681. The van der Waals surface area contributed by atoms with E-state index in [0.29, 0.717) is 12.4 Å². The molecule has 4 heteroatoms. The molecule has 4 nitrogen and oxygen atoms in total. The number of benzene rings is 1. The molecule has 0 aliphatic carbocycles. The van der Waals surface area contributed by atoms with Crippen LogP contribution in [-0.4, -0.2) is 19.6 Å². The molecule has 0 aliphatic rings. The van der Waals surface area contributed by atoms with Crippen LogP contribution in [0.4, 0.5) is 0 Å². The number of hydrogen-bond acceptors (Lipinski definition) is 3. The zero-order valence-corrected chi connectivity index (χ0v) is 9.82. The topological polar surface area (TPSA) is 50.9 Å². The number of aromatic nitrogens is 3. The molecule has 1 aromatic carbocycles. The highest BCUT2D eigenvalue weighted by Gasteiger charge is 2.09. The first-order valence-corrected chi connectivity index (χ1v) is 5.82. The largest absolute Gasteiger partial charge is 0.388 e. The van der Waals surface area contributed by atoms with Crippen molar-refractivity contribution in [1.29, 1.82) is 0 Å². The fraction of sp³-hybridized carbons (Fsp3) is 0.143. The third-order valence-electron chi connectivity index (χ3n) is 2.94. The van der Waals surface area contributed by atoms with Crippen molar-refractivity contribution in [2.75, 3.05) is 0 Å². The molecule has 0 amide bonds. The van der Waals surface area contributed by atoms with E-state index in [9.17, 15) is 5.11 Å². The first-order valence-electron chi connectivity index (χ1n) is 5.82. The SMILES string of the molecule is OCc1nc2ccccc2n1Cc1cccnc1. The van der Waals surface area contributed by atoms with Gasteiger partial charge < -0.3 is 9.67 Å². The predicted octanol–water partition coefficient (Wildman–Crippen LogP) is 1.97. The molecule has 0 atom stereocenters. The number of aliphatic hydroxyl groups excluding tert-OH is 1. The lowest BCUT2D eigenvalue weighted by Gasteiger charge is -2.07. The summed E-state index contributed by atoms with van der Waals surface area (Å²) in [7, 11) is 0. The molecule has 1 N–H and O–H groups in total. The zero-order valence-electron chi connectivity index (χ0n) is 9.82. The molecule has 2 heterocycles. The highest BCUT2D eigenvalue weighted by molar-refractivity contribution is 5.76. The second kappa shape index (κ2) is 4.58. The standard InChI is InChI=1S/C14H13N3O/c18-10-14-16-12-5-1-2-6-13(12)17(14)9-11-4-3-7-15-8-11/h1-8,18H,9-10H2. The Bertz CT molecular complexity index is 661. The normalized spacial score (nSPS) is 10.9. The van der Waals surface area contributed by atoms with E-state index < -0.39 is 0 Å². The summed E-state index contributed by atoms with van der Waals surface area (Å²) in [5.41, 5.74) is 3.03. The van der Waals surface area contributed by atoms with Crippen LogP contribution in [0.15, 0.2) is 48.8 Å². The van der Waals surface area contributed by atoms with Crippen LogP contribution < -0.4 is 0 Å². The molecule has 0 fully saturated rings. The van der Waals surface area contributed by atoms with Crippen LogP contribution in [0.25, 0.3) is 11.0 Å². The molecule has 0 saturated carbocycles. The van der Waals surface area contributed by atoms with Gasteiger partial charge in [-0.05, 0) is 23.8 Å². The van der Waals surface area contributed by atoms with Gasteiger partial charge in [-0.3, -0.25) is 4.98 Å². The fourth-order valence-corrected chi connectivity index (χ4v) is 2.10. The second-order valence-corrected chi connectivity index (χ2v) is 4.12. The molecule has 18 heavy (non-hydrogen) atoms. The van der Waals surface area contributed by atoms with Gasteiger partial charge >= 0.3 is 0 Å². The average Bonchev–Trinajstić information content (AvgIpc) is 2.78. The molecule has 0 unspecified atom stereocenters. The van der Waals surface area contributed by atoms with Gasteiger partial charge in [-0.15, -0.1) is 0 Å². The molecule has 0 radical (unpaired) electrons. The third kappa shape index (κ3) is 1.87. The van der Waals surface area contributed by atoms with Crippen LogP contribution in [0.3, 0.4) is 0 Å². The van der Waals surface area contributed by atoms with Gasteiger partial charge in [0.15, 0.2) is 0 Å². The number of para-hydroxylation sites is 2. The van der Waals surface area contributed by atoms with E-state index in [4.69, 9.17) is 0 Å². The van der Waals surface area contributed by atoms with Crippen molar-refractivity contribution >= 4 is 11.0 Å². The van der Waals surface area contributed by atoms with Crippen LogP contribution in [-0.2, 0) is 13.2 Å². The number of rotatable bonds is 3. The van der Waals surface area contributed by atoms with Crippen LogP contribution in [0.1, 0.15) is 11.4 Å². The Kier molecular flexibility index (Phi) is 2.78. The molecule has 90 valence electrons. The molecular formula is C14H13N3O. The van der Waals surface area contributed by atoms with Gasteiger partial charge in [0.1, 0.15) is 12.4 Å². The van der Waals surface area contributed by atoms with Crippen molar-refractivity contribution in [1.82, 2.24) is 14.5 Å². The summed E-state index contributed by atoms with van der Waals surface area (Å²) in [6.07, 6.45) is 3.58. The maximum Gasteiger partial charge on any atom is 0.136 e. The summed E-state index contributed by atoms with van der Waals surface area (Å²) < 4.78 is 2.02. The van der Waals surface area contributed by atoms with Crippen LogP contribution in [0, 0.1) is 0 Å². The second-order valence-electron chi connectivity index (χ2n) is 4.12. The molecule has 3 rings (SSSR count). The highest BCUT2D eigenvalue weighted by Crippen LogP contribution is 2.17. The monoisotopic (exact) mass is 239 g/mol. The Hall–Kier alpha value is -2.20. The summed E-state index contributed by atoms with van der Waals surface area (Å²) in [6, 6.07) is 11.8. The summed E-state index contributed by atoms with van der Waals surface area (Å²) in [4.78, 5) is 8.52. The first-order chi connectivity index (χ1) is 8.88. The van der Waals surface area contributed by atoms with E-state index in [1.807, 2.05) is 47.2 Å². The van der Waals surface area contributed by atoms with Crippen LogP contribution in [0.2, 0.25) is 0 Å².